The van der Waals surface area contributed by atoms with Crippen LogP contribution in [-0.4, -0.2) is 25.0 Å². The lowest BCUT2D eigenvalue weighted by Crippen LogP contribution is -2.32. The summed E-state index contributed by atoms with van der Waals surface area (Å²) in [7, 11) is 0. The van der Waals surface area contributed by atoms with Crippen LogP contribution in [0, 0.1) is 12.8 Å². The zero-order valence-electron chi connectivity index (χ0n) is 10.5. The predicted molar refractivity (Wildman–Crippen MR) is 66.8 cm³/mol. The molecule has 1 unspecified atom stereocenters. The summed E-state index contributed by atoms with van der Waals surface area (Å²) in [6.07, 6.45) is 0. The van der Waals surface area contributed by atoms with Crippen molar-refractivity contribution in [2.45, 2.75) is 13.8 Å². The zero-order valence-corrected chi connectivity index (χ0v) is 10.5. The van der Waals surface area contributed by atoms with Gasteiger partial charge in [-0.05, 0) is 24.6 Å². The molecular weight excluding hydrogens is 232 g/mol. The minimum absolute atomic E-state index is 0.113. The van der Waals surface area contributed by atoms with Gasteiger partial charge in [-0.2, -0.15) is 0 Å². The van der Waals surface area contributed by atoms with Crippen molar-refractivity contribution in [2.24, 2.45) is 5.92 Å². The highest BCUT2D eigenvalue weighted by Gasteiger charge is 2.31. The average Bonchev–Trinajstić information content (AvgIpc) is 2.68. The first kappa shape index (κ1) is 12.4. The third-order valence-electron chi connectivity index (χ3n) is 2.82. The molecule has 0 aromatic heterocycles. The fourth-order valence-corrected chi connectivity index (χ4v) is 1.89. The lowest BCUT2D eigenvalue weighted by atomic mass is 10.1. The number of hydrogen-bond donors (Lipinski definition) is 1. The molecule has 1 aliphatic heterocycles. The Morgan fingerprint density at radius 1 is 1.56 bits per heavy atom. The van der Waals surface area contributed by atoms with Crippen LogP contribution in [0.1, 0.15) is 12.5 Å². The minimum Gasteiger partial charge on any atom is -0.465 e. The fourth-order valence-electron chi connectivity index (χ4n) is 1.89. The molecule has 1 saturated heterocycles. The van der Waals surface area contributed by atoms with Crippen molar-refractivity contribution in [1.82, 2.24) is 5.43 Å². The van der Waals surface area contributed by atoms with E-state index in [2.05, 4.69) is 5.43 Å². The molecule has 0 aliphatic carbocycles. The van der Waals surface area contributed by atoms with Crippen molar-refractivity contribution in [3.8, 4) is 0 Å². The number of nitrogens with zero attached hydrogens (tertiary/aromatic N) is 1. The van der Waals surface area contributed by atoms with Crippen molar-refractivity contribution in [3.05, 3.63) is 29.8 Å². The summed E-state index contributed by atoms with van der Waals surface area (Å²) in [5.41, 5.74) is 4.84. The second-order valence-corrected chi connectivity index (χ2v) is 4.43. The van der Waals surface area contributed by atoms with Gasteiger partial charge in [-0.15, -0.1) is 0 Å². The Kier molecular flexibility index (Phi) is 3.50. The third kappa shape index (κ3) is 2.80. The van der Waals surface area contributed by atoms with Gasteiger partial charge in [0.25, 0.3) is 0 Å². The standard InChI is InChI=1S/C13H16N2O3/c1-9-4-3-5-12(6-9)15-7-11(13(17)14-15)8-18-10(2)16/h3-6,11H,7-8H2,1-2H3,(H,14,17). The number of anilines is 1. The molecule has 5 nitrogen and oxygen atoms in total. The van der Waals surface area contributed by atoms with Crippen molar-refractivity contribution in [3.63, 3.8) is 0 Å². The highest BCUT2D eigenvalue weighted by atomic mass is 16.5. The van der Waals surface area contributed by atoms with Crippen molar-refractivity contribution in [1.29, 1.82) is 0 Å². The number of esters is 1. The molecule has 1 fully saturated rings. The van der Waals surface area contributed by atoms with E-state index < -0.39 is 0 Å². The quantitative estimate of drug-likeness (QED) is 0.811. The summed E-state index contributed by atoms with van der Waals surface area (Å²) in [5.74, 6) is -0.788. The first-order valence-corrected chi connectivity index (χ1v) is 5.84. The Morgan fingerprint density at radius 3 is 3.00 bits per heavy atom. The number of hydrazine groups is 1. The molecule has 1 N–H and O–H groups in total. The van der Waals surface area contributed by atoms with Gasteiger partial charge in [-0.25, -0.2) is 0 Å². The smallest absolute Gasteiger partial charge is 0.302 e. The van der Waals surface area contributed by atoms with Gasteiger partial charge in [0.15, 0.2) is 0 Å². The molecule has 0 saturated carbocycles. The lowest BCUT2D eigenvalue weighted by Gasteiger charge is -2.17. The Bertz CT molecular complexity index is 473. The summed E-state index contributed by atoms with van der Waals surface area (Å²) in [5, 5.41) is 1.78. The van der Waals surface area contributed by atoms with Crippen LogP contribution in [0.15, 0.2) is 24.3 Å². The number of carbonyl (C=O) groups is 2. The molecule has 1 heterocycles. The van der Waals surface area contributed by atoms with Gasteiger partial charge in [-0.3, -0.25) is 20.0 Å². The molecule has 1 aliphatic rings. The van der Waals surface area contributed by atoms with Gasteiger partial charge < -0.3 is 4.74 Å². The van der Waals surface area contributed by atoms with Crippen LogP contribution in [0.25, 0.3) is 0 Å². The molecule has 0 spiro atoms. The first-order valence-electron chi connectivity index (χ1n) is 5.84. The summed E-state index contributed by atoms with van der Waals surface area (Å²) < 4.78 is 4.88. The Hall–Kier alpha value is -2.04. The van der Waals surface area contributed by atoms with Crippen LogP contribution in [0.4, 0.5) is 5.69 Å². The number of aryl methyl sites for hydroxylation is 1. The van der Waals surface area contributed by atoms with Crippen LogP contribution in [0.5, 0.6) is 0 Å². The number of ether oxygens (including phenoxy) is 1. The van der Waals surface area contributed by atoms with E-state index in [0.717, 1.165) is 11.3 Å². The molecule has 96 valence electrons. The van der Waals surface area contributed by atoms with E-state index in [4.69, 9.17) is 4.74 Å². The molecule has 1 atom stereocenters. The van der Waals surface area contributed by atoms with Gasteiger partial charge >= 0.3 is 5.97 Å². The summed E-state index contributed by atoms with van der Waals surface area (Å²) in [6, 6.07) is 7.87. The molecule has 1 amide bonds. The van der Waals surface area contributed by atoms with E-state index >= 15 is 0 Å². The Morgan fingerprint density at radius 2 is 2.33 bits per heavy atom. The lowest BCUT2D eigenvalue weighted by molar-refractivity contribution is -0.143. The monoisotopic (exact) mass is 248 g/mol. The van der Waals surface area contributed by atoms with E-state index in [9.17, 15) is 9.59 Å². The molecule has 1 aromatic carbocycles. The molecule has 5 heteroatoms. The highest BCUT2D eigenvalue weighted by Crippen LogP contribution is 2.19. The largest absolute Gasteiger partial charge is 0.465 e. The van der Waals surface area contributed by atoms with Crippen molar-refractivity contribution >= 4 is 17.6 Å². The van der Waals surface area contributed by atoms with E-state index in [1.807, 2.05) is 31.2 Å². The average molecular weight is 248 g/mol. The van der Waals surface area contributed by atoms with Crippen LogP contribution in [0.3, 0.4) is 0 Å². The molecule has 0 radical (unpaired) electrons. The molecule has 2 rings (SSSR count). The summed E-state index contributed by atoms with van der Waals surface area (Å²) >= 11 is 0. The third-order valence-corrected chi connectivity index (χ3v) is 2.82. The van der Waals surface area contributed by atoms with E-state index in [0.29, 0.717) is 6.54 Å². The maximum Gasteiger partial charge on any atom is 0.302 e. The number of nitrogens with one attached hydrogen (secondary N) is 1. The SMILES string of the molecule is CC(=O)OCC1CN(c2cccc(C)c2)NC1=O. The van der Waals surface area contributed by atoms with Crippen molar-refractivity contribution < 1.29 is 14.3 Å². The Balaban J connectivity index is 2.02. The predicted octanol–water partition coefficient (Wildman–Crippen LogP) is 1.03. The molecule has 0 bridgehead atoms. The Labute approximate surface area is 106 Å². The van der Waals surface area contributed by atoms with Gasteiger partial charge in [0.2, 0.25) is 5.91 Å². The molecule has 18 heavy (non-hydrogen) atoms. The topological polar surface area (TPSA) is 58.6 Å². The summed E-state index contributed by atoms with van der Waals surface area (Å²) in [4.78, 5) is 22.4. The maximum atomic E-state index is 11.7. The second kappa shape index (κ2) is 5.08. The van der Waals surface area contributed by atoms with Gasteiger partial charge in [-0.1, -0.05) is 12.1 Å². The van der Waals surface area contributed by atoms with E-state index in [1.165, 1.54) is 6.92 Å². The zero-order chi connectivity index (χ0) is 13.1. The number of hydrogen-bond acceptors (Lipinski definition) is 4. The number of amides is 1. The molecule has 1 aromatic rings. The van der Waals surface area contributed by atoms with Gasteiger partial charge in [0.05, 0.1) is 18.2 Å². The maximum absolute atomic E-state index is 11.7. The van der Waals surface area contributed by atoms with Crippen LogP contribution >= 0.6 is 0 Å². The normalized spacial score (nSPS) is 18.7. The number of benzene rings is 1. The highest BCUT2D eigenvalue weighted by molar-refractivity contribution is 5.84. The summed E-state index contributed by atoms with van der Waals surface area (Å²) in [6.45, 7) is 3.97. The molecular formula is C13H16N2O3. The van der Waals surface area contributed by atoms with E-state index in [1.54, 1.807) is 5.01 Å². The van der Waals surface area contributed by atoms with Crippen molar-refractivity contribution in [2.75, 3.05) is 18.2 Å². The number of rotatable bonds is 3. The second-order valence-electron chi connectivity index (χ2n) is 4.43. The van der Waals surface area contributed by atoms with Crippen LogP contribution in [0.2, 0.25) is 0 Å². The van der Waals surface area contributed by atoms with Gasteiger partial charge in [0, 0.05) is 6.92 Å². The first-order chi connectivity index (χ1) is 8.56. The van der Waals surface area contributed by atoms with Crippen LogP contribution in [-0.2, 0) is 14.3 Å². The number of carbonyl (C=O) groups excluding carboxylic acids is 2. The fraction of sp³-hybridized carbons (Fsp3) is 0.385. The minimum atomic E-state index is -0.364. The van der Waals surface area contributed by atoms with Gasteiger partial charge in [0.1, 0.15) is 6.61 Å². The van der Waals surface area contributed by atoms with Crippen LogP contribution < -0.4 is 10.4 Å². The van der Waals surface area contributed by atoms with E-state index in [-0.39, 0.29) is 24.4 Å².